The number of nitrogens with zero attached hydrogens (tertiary/aromatic N) is 4. The minimum absolute atomic E-state index is 0.156. The van der Waals surface area contributed by atoms with Crippen LogP contribution in [0.5, 0.6) is 0 Å². The van der Waals surface area contributed by atoms with Gasteiger partial charge in [0.25, 0.3) is 0 Å². The topological polar surface area (TPSA) is 31.4 Å². The summed E-state index contributed by atoms with van der Waals surface area (Å²) in [6.45, 7) is 23.0. The second-order valence-electron chi connectivity index (χ2n) is 16.0. The molecule has 0 radical (unpaired) electrons. The highest BCUT2D eigenvalue weighted by Gasteiger charge is 2.85. The normalized spacial score (nSPS) is 38.4. The van der Waals surface area contributed by atoms with Crippen LogP contribution in [0, 0.1) is 21.7 Å². The van der Waals surface area contributed by atoms with E-state index in [2.05, 4.69) is 108 Å². The SMILES string of the molecule is CC1(C)[C@H]2C[C@@H]3N(Cc4ccccc4)[C@@H]4C[C@H](N2Cc2ccccc2)[C@@]1(CN1CCOCC1)[C@@]3(CN1CCOCC1)C4(C)C. The van der Waals surface area contributed by atoms with Gasteiger partial charge < -0.3 is 9.47 Å². The fourth-order valence-corrected chi connectivity index (χ4v) is 12.1. The Morgan fingerprint density at radius 2 is 0.909 bits per heavy atom. The van der Waals surface area contributed by atoms with E-state index in [4.69, 9.17) is 9.47 Å². The van der Waals surface area contributed by atoms with Gasteiger partial charge in [-0.2, -0.15) is 0 Å². The standard InChI is InChI=1S/C38H54N4O2/c1-35(2)31-23-34-38(28-40-17-21-44-22-18-40)36(3,4)32(42(34)26-30-13-9-6-10-14-30)24-33(41(31)25-29-11-7-5-8-12-29)37(35,38)27-39-15-19-43-20-16-39/h5-14,31-34H,15-28H2,1-4H3/t31-,32-,33+,34+,37-,38-/m1/s1. The average molecular weight is 599 g/mol. The summed E-state index contributed by atoms with van der Waals surface area (Å²) in [5.41, 5.74) is 3.61. The van der Waals surface area contributed by atoms with Crippen LogP contribution in [0.15, 0.2) is 60.7 Å². The predicted molar refractivity (Wildman–Crippen MR) is 175 cm³/mol. The van der Waals surface area contributed by atoms with Crippen molar-refractivity contribution in [2.75, 3.05) is 65.7 Å². The maximum Gasteiger partial charge on any atom is 0.0594 e. The Balaban J connectivity index is 1.31. The Hall–Kier alpha value is -1.80. The number of likely N-dealkylation sites (tertiary alicyclic amines) is 2. The van der Waals surface area contributed by atoms with Crippen LogP contribution in [0.4, 0.5) is 0 Å². The van der Waals surface area contributed by atoms with Crippen LogP contribution in [-0.2, 0) is 22.6 Å². The average Bonchev–Trinajstić information content (AvgIpc) is 3.22. The van der Waals surface area contributed by atoms with Gasteiger partial charge in [-0.05, 0) is 34.8 Å². The monoisotopic (exact) mass is 598 g/mol. The zero-order valence-electron chi connectivity index (χ0n) is 27.6. The molecule has 2 aliphatic carbocycles. The molecule has 2 aromatic rings. The Labute approximate surface area is 265 Å². The Kier molecular flexibility index (Phi) is 7.32. The van der Waals surface area contributed by atoms with Crippen LogP contribution in [0.1, 0.15) is 51.7 Å². The highest BCUT2D eigenvalue weighted by molar-refractivity contribution is 5.38. The Morgan fingerprint density at radius 1 is 0.545 bits per heavy atom. The van der Waals surface area contributed by atoms with Gasteiger partial charge in [0.15, 0.2) is 0 Å². The molecule has 4 aliphatic heterocycles. The first-order valence-corrected chi connectivity index (χ1v) is 17.5. The van der Waals surface area contributed by atoms with Crippen molar-refractivity contribution >= 4 is 0 Å². The van der Waals surface area contributed by atoms with Crippen LogP contribution in [0.25, 0.3) is 0 Å². The summed E-state index contributed by atoms with van der Waals surface area (Å²) in [6.07, 6.45) is 2.52. The smallest absolute Gasteiger partial charge is 0.0594 e. The Morgan fingerprint density at radius 3 is 1.27 bits per heavy atom. The second kappa shape index (κ2) is 10.9. The molecule has 0 amide bonds. The van der Waals surface area contributed by atoms with Gasteiger partial charge >= 0.3 is 0 Å². The summed E-state index contributed by atoms with van der Waals surface area (Å²) in [5, 5.41) is 0. The first kappa shape index (κ1) is 29.6. The molecular formula is C38H54N4O2. The fraction of sp³-hybridized carbons (Fsp3) is 0.684. The molecule has 4 bridgehead atoms. The van der Waals surface area contributed by atoms with Crippen molar-refractivity contribution in [2.45, 2.75) is 77.8 Å². The number of hydrogen-bond donors (Lipinski definition) is 0. The van der Waals surface area contributed by atoms with E-state index in [-0.39, 0.29) is 21.7 Å². The van der Waals surface area contributed by atoms with E-state index in [0.29, 0.717) is 24.2 Å². The summed E-state index contributed by atoms with van der Waals surface area (Å²) in [7, 11) is 0. The molecule has 0 aromatic heterocycles. The Bertz CT molecular complexity index is 1210. The van der Waals surface area contributed by atoms with E-state index < -0.39 is 0 Å². The summed E-state index contributed by atoms with van der Waals surface area (Å²) >= 11 is 0. The van der Waals surface area contributed by atoms with E-state index in [9.17, 15) is 0 Å². The number of fused-ring (bicyclic) bond motifs is 2. The van der Waals surface area contributed by atoms with Crippen molar-refractivity contribution in [1.82, 2.24) is 19.6 Å². The molecule has 2 aromatic carbocycles. The number of benzene rings is 2. The van der Waals surface area contributed by atoms with Crippen molar-refractivity contribution in [3.63, 3.8) is 0 Å². The lowest BCUT2D eigenvalue weighted by molar-refractivity contribution is -0.201. The molecule has 6 heteroatoms. The van der Waals surface area contributed by atoms with Crippen LogP contribution >= 0.6 is 0 Å². The molecule has 2 saturated carbocycles. The molecular weight excluding hydrogens is 544 g/mol. The van der Waals surface area contributed by atoms with Crippen molar-refractivity contribution in [3.8, 4) is 0 Å². The third kappa shape index (κ3) is 4.07. The molecule has 6 aliphatic rings. The molecule has 0 spiro atoms. The van der Waals surface area contributed by atoms with Gasteiger partial charge in [-0.3, -0.25) is 19.6 Å². The third-order valence-corrected chi connectivity index (χ3v) is 14.0. The van der Waals surface area contributed by atoms with Crippen molar-refractivity contribution in [1.29, 1.82) is 0 Å². The van der Waals surface area contributed by atoms with Crippen molar-refractivity contribution in [2.24, 2.45) is 21.7 Å². The largest absolute Gasteiger partial charge is 0.379 e. The fourth-order valence-electron chi connectivity index (χ4n) is 12.1. The quantitative estimate of drug-likeness (QED) is 0.426. The molecule has 0 N–H and O–H groups in total. The maximum absolute atomic E-state index is 5.93. The maximum atomic E-state index is 5.93. The lowest BCUT2D eigenvalue weighted by atomic mass is 9.35. The summed E-state index contributed by atoms with van der Waals surface area (Å²) in [4.78, 5) is 11.7. The molecule has 6 nitrogen and oxygen atoms in total. The summed E-state index contributed by atoms with van der Waals surface area (Å²) in [5.74, 6) is 0. The number of hydrogen-bond acceptors (Lipinski definition) is 6. The van der Waals surface area contributed by atoms with Crippen molar-refractivity contribution < 1.29 is 9.47 Å². The van der Waals surface area contributed by atoms with Crippen LogP contribution in [-0.4, -0.2) is 109 Å². The molecule has 238 valence electrons. The molecule has 8 rings (SSSR count). The summed E-state index contributed by atoms with van der Waals surface area (Å²) in [6, 6.07) is 24.9. The lowest BCUT2D eigenvalue weighted by Crippen LogP contribution is -2.75. The van der Waals surface area contributed by atoms with Crippen molar-refractivity contribution in [3.05, 3.63) is 71.8 Å². The van der Waals surface area contributed by atoms with Crippen LogP contribution < -0.4 is 0 Å². The highest BCUT2D eigenvalue weighted by Crippen LogP contribution is 2.80. The van der Waals surface area contributed by atoms with E-state index in [0.717, 1.165) is 65.7 Å². The minimum atomic E-state index is 0.156. The van der Waals surface area contributed by atoms with Gasteiger partial charge in [0, 0.05) is 87.4 Å². The lowest BCUT2D eigenvalue weighted by Gasteiger charge is -2.69. The molecule has 6 atom stereocenters. The zero-order chi connectivity index (χ0) is 30.2. The first-order valence-electron chi connectivity index (χ1n) is 17.5. The predicted octanol–water partition coefficient (Wildman–Crippen LogP) is 4.99. The van der Waals surface area contributed by atoms with Gasteiger partial charge in [0.2, 0.25) is 0 Å². The first-order chi connectivity index (χ1) is 21.3. The number of rotatable bonds is 8. The molecule has 4 heterocycles. The van der Waals surface area contributed by atoms with Gasteiger partial charge in [-0.25, -0.2) is 0 Å². The zero-order valence-corrected chi connectivity index (χ0v) is 27.6. The van der Waals surface area contributed by atoms with Gasteiger partial charge in [-0.15, -0.1) is 0 Å². The van der Waals surface area contributed by atoms with Gasteiger partial charge in [0.05, 0.1) is 26.4 Å². The number of ether oxygens (including phenoxy) is 2. The molecule has 4 saturated heterocycles. The molecule has 0 unspecified atom stereocenters. The van der Waals surface area contributed by atoms with Gasteiger partial charge in [0.1, 0.15) is 0 Å². The minimum Gasteiger partial charge on any atom is -0.379 e. The van der Waals surface area contributed by atoms with E-state index in [1.807, 2.05) is 0 Å². The van der Waals surface area contributed by atoms with E-state index >= 15 is 0 Å². The molecule has 44 heavy (non-hydrogen) atoms. The molecule has 6 fully saturated rings. The second-order valence-corrected chi connectivity index (χ2v) is 16.0. The summed E-state index contributed by atoms with van der Waals surface area (Å²) < 4.78 is 11.9. The highest BCUT2D eigenvalue weighted by atomic mass is 16.5. The van der Waals surface area contributed by atoms with Crippen LogP contribution in [0.2, 0.25) is 0 Å². The van der Waals surface area contributed by atoms with Crippen LogP contribution in [0.3, 0.4) is 0 Å². The van der Waals surface area contributed by atoms with E-state index in [1.54, 1.807) is 0 Å². The van der Waals surface area contributed by atoms with E-state index in [1.165, 1.54) is 37.1 Å². The van der Waals surface area contributed by atoms with Gasteiger partial charge in [-0.1, -0.05) is 88.4 Å². The third-order valence-electron chi connectivity index (χ3n) is 14.0. The number of morpholine rings is 2.